The minimum atomic E-state index is -1.30. The number of ketones is 1. The van der Waals surface area contributed by atoms with Crippen LogP contribution >= 0.6 is 0 Å². The Hall–Kier alpha value is -1.36. The van der Waals surface area contributed by atoms with Crippen molar-refractivity contribution in [1.29, 1.82) is 0 Å². The third kappa shape index (κ3) is 4.06. The van der Waals surface area contributed by atoms with Crippen molar-refractivity contribution in [2.45, 2.75) is 32.8 Å². The molecule has 106 valence electrons. The predicted octanol–water partition coefficient (Wildman–Crippen LogP) is 3.28. The van der Waals surface area contributed by atoms with Crippen LogP contribution in [0.1, 0.15) is 25.8 Å². The largest absolute Gasteiger partial charge is 0.381 e. The summed E-state index contributed by atoms with van der Waals surface area (Å²) in [5.41, 5.74) is -0.524. The summed E-state index contributed by atoms with van der Waals surface area (Å²) in [4.78, 5) is 11.8. The molecule has 1 aromatic rings. The fourth-order valence-electron chi connectivity index (χ4n) is 1.82. The van der Waals surface area contributed by atoms with E-state index in [1.54, 1.807) is 0 Å². The number of Topliss-reactive ketones (excluding diaryl/α,β-unsaturated/α-hetero) is 1. The van der Waals surface area contributed by atoms with Gasteiger partial charge in [0.25, 0.3) is 0 Å². The highest BCUT2D eigenvalue weighted by atomic mass is 19.2. The van der Waals surface area contributed by atoms with Crippen LogP contribution in [0.15, 0.2) is 12.1 Å². The Balaban J connectivity index is 2.80. The zero-order valence-electron chi connectivity index (χ0n) is 11.2. The SMILES string of the molecule is COC(CC(=O)Cc1c(F)ccc(F)c1F)C(C)C. The Morgan fingerprint density at radius 2 is 1.79 bits per heavy atom. The number of carbonyl (C=O) groups excluding carboxylic acids is 1. The minimum absolute atomic E-state index is 0.0452. The molecule has 0 fully saturated rings. The van der Waals surface area contributed by atoms with Gasteiger partial charge in [0.05, 0.1) is 6.10 Å². The minimum Gasteiger partial charge on any atom is -0.381 e. The number of hydrogen-bond donors (Lipinski definition) is 0. The first-order valence-electron chi connectivity index (χ1n) is 6.03. The molecule has 0 radical (unpaired) electrons. The molecular weight excluding hydrogens is 257 g/mol. The van der Waals surface area contributed by atoms with Crippen molar-refractivity contribution in [3.8, 4) is 0 Å². The Morgan fingerprint density at radius 1 is 1.21 bits per heavy atom. The van der Waals surface area contributed by atoms with E-state index in [0.29, 0.717) is 6.07 Å². The van der Waals surface area contributed by atoms with Crippen molar-refractivity contribution >= 4 is 5.78 Å². The smallest absolute Gasteiger partial charge is 0.165 e. The van der Waals surface area contributed by atoms with E-state index in [4.69, 9.17) is 4.74 Å². The first-order chi connectivity index (χ1) is 8.86. The molecule has 0 saturated carbocycles. The average Bonchev–Trinajstić information content (AvgIpc) is 2.36. The van der Waals surface area contributed by atoms with Gasteiger partial charge in [-0.15, -0.1) is 0 Å². The molecule has 1 aromatic carbocycles. The topological polar surface area (TPSA) is 26.3 Å². The maximum absolute atomic E-state index is 13.4. The molecular formula is C14H17F3O2. The van der Waals surface area contributed by atoms with Crippen LogP contribution in [-0.4, -0.2) is 19.0 Å². The van der Waals surface area contributed by atoms with Crippen LogP contribution in [0.2, 0.25) is 0 Å². The summed E-state index contributed by atoms with van der Waals surface area (Å²) in [5, 5.41) is 0. The van der Waals surface area contributed by atoms with E-state index < -0.39 is 29.4 Å². The Kier molecular flexibility index (Phi) is 5.54. The summed E-state index contributed by atoms with van der Waals surface area (Å²) in [6.07, 6.45) is -0.738. The van der Waals surface area contributed by atoms with Crippen molar-refractivity contribution in [1.82, 2.24) is 0 Å². The standard InChI is InChI=1S/C14H17F3O2/c1-8(2)13(19-3)7-9(18)6-10-11(15)4-5-12(16)14(10)17/h4-5,8,13H,6-7H2,1-3H3. The third-order valence-electron chi connectivity index (χ3n) is 2.99. The van der Waals surface area contributed by atoms with Gasteiger partial charge in [0, 0.05) is 25.5 Å². The van der Waals surface area contributed by atoms with E-state index in [0.717, 1.165) is 6.07 Å². The third-order valence-corrected chi connectivity index (χ3v) is 2.99. The Bertz CT molecular complexity index is 458. The molecule has 0 N–H and O–H groups in total. The monoisotopic (exact) mass is 274 g/mol. The zero-order valence-corrected chi connectivity index (χ0v) is 11.2. The van der Waals surface area contributed by atoms with Crippen LogP contribution < -0.4 is 0 Å². The Morgan fingerprint density at radius 3 is 2.32 bits per heavy atom. The molecule has 0 spiro atoms. The van der Waals surface area contributed by atoms with Gasteiger partial charge in [-0.1, -0.05) is 13.8 Å². The van der Waals surface area contributed by atoms with Crippen molar-refractivity contribution in [3.05, 3.63) is 35.1 Å². The van der Waals surface area contributed by atoms with Gasteiger partial charge in [-0.3, -0.25) is 4.79 Å². The number of carbonyl (C=O) groups is 1. The summed E-state index contributed by atoms with van der Waals surface area (Å²) in [6.45, 7) is 3.76. The molecule has 5 heteroatoms. The molecule has 0 aromatic heterocycles. The van der Waals surface area contributed by atoms with E-state index in [2.05, 4.69) is 0 Å². The lowest BCUT2D eigenvalue weighted by molar-refractivity contribution is -0.121. The average molecular weight is 274 g/mol. The summed E-state index contributed by atoms with van der Waals surface area (Å²) in [7, 11) is 1.47. The van der Waals surface area contributed by atoms with Gasteiger partial charge in [0.15, 0.2) is 11.6 Å². The lowest BCUT2D eigenvalue weighted by atomic mass is 9.98. The second-order valence-corrected chi connectivity index (χ2v) is 4.76. The molecule has 0 aliphatic heterocycles. The van der Waals surface area contributed by atoms with Crippen LogP contribution in [-0.2, 0) is 16.0 Å². The van der Waals surface area contributed by atoms with Gasteiger partial charge >= 0.3 is 0 Å². The number of rotatable bonds is 6. The second-order valence-electron chi connectivity index (χ2n) is 4.76. The summed E-state index contributed by atoms with van der Waals surface area (Å²) < 4.78 is 44.9. The number of benzene rings is 1. The van der Waals surface area contributed by atoms with Gasteiger partial charge in [-0.25, -0.2) is 13.2 Å². The second kappa shape index (κ2) is 6.70. The maximum Gasteiger partial charge on any atom is 0.165 e. The predicted molar refractivity (Wildman–Crippen MR) is 65.3 cm³/mol. The molecule has 1 rings (SSSR count). The van der Waals surface area contributed by atoms with Crippen LogP contribution in [0.3, 0.4) is 0 Å². The molecule has 0 amide bonds. The van der Waals surface area contributed by atoms with E-state index in [1.807, 2.05) is 13.8 Å². The van der Waals surface area contributed by atoms with Crippen molar-refractivity contribution in [2.24, 2.45) is 5.92 Å². The summed E-state index contributed by atoms with van der Waals surface area (Å²) >= 11 is 0. The first kappa shape index (κ1) is 15.7. The van der Waals surface area contributed by atoms with E-state index in [1.165, 1.54) is 7.11 Å². The van der Waals surface area contributed by atoms with E-state index in [-0.39, 0.29) is 24.2 Å². The Labute approximate surface area is 110 Å². The summed E-state index contributed by atoms with van der Waals surface area (Å²) in [6, 6.07) is 1.52. The van der Waals surface area contributed by atoms with Crippen LogP contribution in [0.25, 0.3) is 0 Å². The molecule has 19 heavy (non-hydrogen) atoms. The van der Waals surface area contributed by atoms with Crippen molar-refractivity contribution in [2.75, 3.05) is 7.11 Å². The zero-order chi connectivity index (χ0) is 14.6. The highest BCUT2D eigenvalue weighted by Gasteiger charge is 2.21. The van der Waals surface area contributed by atoms with Crippen molar-refractivity contribution in [3.63, 3.8) is 0 Å². The van der Waals surface area contributed by atoms with E-state index in [9.17, 15) is 18.0 Å². The molecule has 0 bridgehead atoms. The van der Waals surface area contributed by atoms with Gasteiger partial charge in [-0.05, 0) is 18.1 Å². The van der Waals surface area contributed by atoms with Gasteiger partial charge in [0.1, 0.15) is 11.6 Å². The fraction of sp³-hybridized carbons (Fsp3) is 0.500. The first-order valence-corrected chi connectivity index (χ1v) is 6.03. The highest BCUT2D eigenvalue weighted by Crippen LogP contribution is 2.18. The molecule has 0 heterocycles. The number of halogens is 3. The molecule has 0 aliphatic rings. The van der Waals surface area contributed by atoms with Crippen molar-refractivity contribution < 1.29 is 22.7 Å². The maximum atomic E-state index is 13.4. The fourth-order valence-corrected chi connectivity index (χ4v) is 1.82. The molecule has 1 unspecified atom stereocenters. The molecule has 0 aliphatic carbocycles. The number of hydrogen-bond acceptors (Lipinski definition) is 2. The molecule has 0 saturated heterocycles. The quantitative estimate of drug-likeness (QED) is 0.744. The van der Waals surface area contributed by atoms with Gasteiger partial charge in [0.2, 0.25) is 0 Å². The number of ether oxygens (including phenoxy) is 1. The van der Waals surface area contributed by atoms with Gasteiger partial charge in [-0.2, -0.15) is 0 Å². The normalized spacial score (nSPS) is 12.8. The van der Waals surface area contributed by atoms with Crippen LogP contribution in [0, 0.1) is 23.4 Å². The highest BCUT2D eigenvalue weighted by molar-refractivity contribution is 5.81. The van der Waals surface area contributed by atoms with Crippen LogP contribution in [0.4, 0.5) is 13.2 Å². The van der Waals surface area contributed by atoms with Crippen LogP contribution in [0.5, 0.6) is 0 Å². The summed E-state index contributed by atoms with van der Waals surface area (Å²) in [5.74, 6) is -3.64. The molecule has 2 nitrogen and oxygen atoms in total. The lowest BCUT2D eigenvalue weighted by Gasteiger charge is -2.18. The molecule has 1 atom stereocenters. The van der Waals surface area contributed by atoms with E-state index >= 15 is 0 Å². The number of methoxy groups -OCH3 is 1. The lowest BCUT2D eigenvalue weighted by Crippen LogP contribution is -2.23. The van der Waals surface area contributed by atoms with Gasteiger partial charge < -0.3 is 4.74 Å².